The summed E-state index contributed by atoms with van der Waals surface area (Å²) in [6, 6.07) is 6.18. The lowest BCUT2D eigenvalue weighted by Crippen LogP contribution is -2.40. The monoisotopic (exact) mass is 317 g/mol. The molecule has 2 aromatic rings. The minimum atomic E-state index is -0.0207. The number of hydrogen-bond acceptors (Lipinski definition) is 5. The van der Waals surface area contributed by atoms with Crippen molar-refractivity contribution >= 4 is 28.1 Å². The van der Waals surface area contributed by atoms with Gasteiger partial charge in [0.05, 0.1) is 13.2 Å². The molecular formula is C16H19N3O2S. The van der Waals surface area contributed by atoms with Crippen molar-refractivity contribution in [2.24, 2.45) is 0 Å². The van der Waals surface area contributed by atoms with Crippen LogP contribution in [0.15, 0.2) is 23.6 Å². The molecule has 1 aliphatic rings. The number of carbonyl (C=O) groups excluding carboxylic acids is 1. The molecule has 0 bridgehead atoms. The molecule has 116 valence electrons. The summed E-state index contributed by atoms with van der Waals surface area (Å²) < 4.78 is 5.27. The molecule has 0 saturated carbocycles. The molecule has 1 aromatic carbocycles. The fraction of sp³-hybridized carbons (Fsp3) is 0.375. The zero-order valence-electron chi connectivity index (χ0n) is 12.8. The Morgan fingerprint density at radius 3 is 2.77 bits per heavy atom. The maximum atomic E-state index is 12.4. The van der Waals surface area contributed by atoms with Crippen LogP contribution in [-0.4, -0.2) is 42.1 Å². The summed E-state index contributed by atoms with van der Waals surface area (Å²) in [5.74, 6) is -0.0207. The number of hydrogen-bond donors (Lipinski definition) is 1. The van der Waals surface area contributed by atoms with E-state index in [0.29, 0.717) is 32.0 Å². The molecule has 0 atom stereocenters. The van der Waals surface area contributed by atoms with Crippen LogP contribution in [0.25, 0.3) is 0 Å². The first-order valence-corrected chi connectivity index (χ1v) is 8.18. The average molecular weight is 317 g/mol. The van der Waals surface area contributed by atoms with E-state index in [4.69, 9.17) is 4.74 Å². The number of nitrogens with zero attached hydrogens (tertiary/aromatic N) is 2. The van der Waals surface area contributed by atoms with Gasteiger partial charge < -0.3 is 15.0 Å². The van der Waals surface area contributed by atoms with Crippen LogP contribution in [0.3, 0.4) is 0 Å². The van der Waals surface area contributed by atoms with Gasteiger partial charge in [-0.15, -0.1) is 11.3 Å². The molecule has 22 heavy (non-hydrogen) atoms. The van der Waals surface area contributed by atoms with Gasteiger partial charge in [-0.3, -0.25) is 4.79 Å². The number of morpholine rings is 1. The van der Waals surface area contributed by atoms with Crippen molar-refractivity contribution in [3.05, 3.63) is 40.4 Å². The predicted molar refractivity (Wildman–Crippen MR) is 88.0 cm³/mol. The zero-order valence-corrected chi connectivity index (χ0v) is 13.6. The Hall–Kier alpha value is -1.92. The smallest absolute Gasteiger partial charge is 0.273 e. The second kappa shape index (κ2) is 6.46. The third-order valence-corrected chi connectivity index (χ3v) is 4.54. The summed E-state index contributed by atoms with van der Waals surface area (Å²) in [7, 11) is 0. The van der Waals surface area contributed by atoms with E-state index in [0.717, 1.165) is 10.8 Å². The van der Waals surface area contributed by atoms with Crippen LogP contribution in [0.1, 0.15) is 21.6 Å². The number of aryl methyl sites for hydroxylation is 2. The number of ether oxygens (including phenoxy) is 1. The fourth-order valence-electron chi connectivity index (χ4n) is 2.30. The lowest BCUT2D eigenvalue weighted by atomic mass is 10.1. The number of carbonyl (C=O) groups is 1. The molecule has 2 heterocycles. The van der Waals surface area contributed by atoms with Gasteiger partial charge in [-0.1, -0.05) is 6.07 Å². The molecule has 0 aliphatic carbocycles. The number of amides is 1. The Morgan fingerprint density at radius 2 is 2.05 bits per heavy atom. The Labute approximate surface area is 133 Å². The summed E-state index contributed by atoms with van der Waals surface area (Å²) in [5, 5.41) is 5.80. The van der Waals surface area contributed by atoms with Gasteiger partial charge in [0.1, 0.15) is 5.69 Å². The first-order valence-electron chi connectivity index (χ1n) is 7.30. The van der Waals surface area contributed by atoms with Gasteiger partial charge in [-0.05, 0) is 37.1 Å². The zero-order chi connectivity index (χ0) is 15.5. The first-order chi connectivity index (χ1) is 10.6. The number of aromatic nitrogens is 1. The van der Waals surface area contributed by atoms with E-state index in [1.165, 1.54) is 22.5 Å². The third-order valence-electron chi connectivity index (χ3n) is 3.78. The lowest BCUT2D eigenvalue weighted by Gasteiger charge is -2.25. The van der Waals surface area contributed by atoms with Gasteiger partial charge in [0.2, 0.25) is 0 Å². The Balaban J connectivity index is 1.70. The predicted octanol–water partition coefficient (Wildman–Crippen LogP) is 2.98. The highest BCUT2D eigenvalue weighted by Gasteiger charge is 2.20. The maximum absolute atomic E-state index is 12.4. The standard InChI is InChI=1S/C16H19N3O2S/c1-11-3-4-13(9-12(11)2)17-16-18-14(10-22-16)15(20)19-5-7-21-8-6-19/h3-4,9-10H,5-8H2,1-2H3,(H,17,18). The first kappa shape index (κ1) is 15.0. The van der Waals surface area contributed by atoms with Crippen molar-refractivity contribution in [1.29, 1.82) is 0 Å². The van der Waals surface area contributed by atoms with Crippen molar-refractivity contribution in [1.82, 2.24) is 9.88 Å². The number of nitrogens with one attached hydrogen (secondary N) is 1. The van der Waals surface area contributed by atoms with Crippen molar-refractivity contribution in [2.45, 2.75) is 13.8 Å². The van der Waals surface area contributed by atoms with E-state index in [2.05, 4.69) is 36.3 Å². The molecule has 0 unspecified atom stereocenters. The van der Waals surface area contributed by atoms with Crippen LogP contribution in [0, 0.1) is 13.8 Å². The van der Waals surface area contributed by atoms with E-state index >= 15 is 0 Å². The molecule has 1 aromatic heterocycles. The summed E-state index contributed by atoms with van der Waals surface area (Å²) >= 11 is 1.45. The Bertz CT molecular complexity index is 678. The molecule has 1 fully saturated rings. The number of benzene rings is 1. The highest BCUT2D eigenvalue weighted by molar-refractivity contribution is 7.14. The topological polar surface area (TPSA) is 54.5 Å². The Morgan fingerprint density at radius 1 is 1.27 bits per heavy atom. The third kappa shape index (κ3) is 3.28. The van der Waals surface area contributed by atoms with Crippen molar-refractivity contribution in [3.63, 3.8) is 0 Å². The van der Waals surface area contributed by atoms with Gasteiger partial charge in [0, 0.05) is 24.2 Å². The number of anilines is 2. The second-order valence-corrected chi connectivity index (χ2v) is 6.22. The van der Waals surface area contributed by atoms with Crippen LogP contribution in [-0.2, 0) is 4.74 Å². The lowest BCUT2D eigenvalue weighted by molar-refractivity contribution is 0.0299. The van der Waals surface area contributed by atoms with E-state index in [-0.39, 0.29) is 5.91 Å². The van der Waals surface area contributed by atoms with Gasteiger partial charge >= 0.3 is 0 Å². The molecule has 1 saturated heterocycles. The van der Waals surface area contributed by atoms with Crippen LogP contribution in [0.5, 0.6) is 0 Å². The summed E-state index contributed by atoms with van der Waals surface area (Å²) in [6.45, 7) is 6.64. The second-order valence-electron chi connectivity index (χ2n) is 5.37. The summed E-state index contributed by atoms with van der Waals surface area (Å²) in [4.78, 5) is 18.5. The van der Waals surface area contributed by atoms with Crippen LogP contribution >= 0.6 is 11.3 Å². The summed E-state index contributed by atoms with van der Waals surface area (Å²) in [6.07, 6.45) is 0. The largest absolute Gasteiger partial charge is 0.378 e. The maximum Gasteiger partial charge on any atom is 0.273 e. The molecule has 1 amide bonds. The molecule has 0 spiro atoms. The minimum absolute atomic E-state index is 0.0207. The van der Waals surface area contributed by atoms with Crippen molar-refractivity contribution in [2.75, 3.05) is 31.6 Å². The molecule has 3 rings (SSSR count). The van der Waals surface area contributed by atoms with Gasteiger partial charge in [0.15, 0.2) is 5.13 Å². The Kier molecular flexibility index (Phi) is 4.40. The van der Waals surface area contributed by atoms with E-state index in [9.17, 15) is 4.79 Å². The van der Waals surface area contributed by atoms with Gasteiger partial charge in [0.25, 0.3) is 5.91 Å². The highest BCUT2D eigenvalue weighted by atomic mass is 32.1. The quantitative estimate of drug-likeness (QED) is 0.945. The van der Waals surface area contributed by atoms with E-state index in [1.54, 1.807) is 10.3 Å². The molecular weight excluding hydrogens is 298 g/mol. The van der Waals surface area contributed by atoms with Crippen LogP contribution < -0.4 is 5.32 Å². The molecule has 1 aliphatic heterocycles. The molecule has 6 heteroatoms. The molecule has 1 N–H and O–H groups in total. The minimum Gasteiger partial charge on any atom is -0.378 e. The SMILES string of the molecule is Cc1ccc(Nc2nc(C(=O)N3CCOCC3)cs2)cc1C. The molecule has 0 radical (unpaired) electrons. The highest BCUT2D eigenvalue weighted by Crippen LogP contribution is 2.23. The van der Waals surface area contributed by atoms with Crippen LogP contribution in [0.2, 0.25) is 0 Å². The normalized spacial score (nSPS) is 14.9. The summed E-state index contributed by atoms with van der Waals surface area (Å²) in [5.41, 5.74) is 3.97. The fourth-order valence-corrected chi connectivity index (χ4v) is 3.01. The molecule has 5 nitrogen and oxygen atoms in total. The van der Waals surface area contributed by atoms with E-state index < -0.39 is 0 Å². The van der Waals surface area contributed by atoms with E-state index in [1.807, 2.05) is 6.07 Å². The van der Waals surface area contributed by atoms with Crippen molar-refractivity contribution in [3.8, 4) is 0 Å². The van der Waals surface area contributed by atoms with Gasteiger partial charge in [-0.25, -0.2) is 4.98 Å². The van der Waals surface area contributed by atoms with Crippen LogP contribution in [0.4, 0.5) is 10.8 Å². The average Bonchev–Trinajstić information content (AvgIpc) is 2.99. The number of rotatable bonds is 3. The number of thiazole rings is 1. The van der Waals surface area contributed by atoms with Crippen molar-refractivity contribution < 1.29 is 9.53 Å². The van der Waals surface area contributed by atoms with Gasteiger partial charge in [-0.2, -0.15) is 0 Å².